The molecule has 0 unspecified atom stereocenters. The zero-order valence-corrected chi connectivity index (χ0v) is 16.6. The van der Waals surface area contributed by atoms with Gasteiger partial charge in [0.2, 0.25) is 11.5 Å². The van der Waals surface area contributed by atoms with E-state index < -0.39 is 0 Å². The number of H-pyrrole nitrogens is 1. The number of thiazole rings is 1. The van der Waals surface area contributed by atoms with Crippen molar-refractivity contribution in [1.29, 1.82) is 0 Å². The van der Waals surface area contributed by atoms with Crippen LogP contribution in [0, 0.1) is 13.8 Å². The molecule has 0 saturated carbocycles. The third-order valence-corrected chi connectivity index (χ3v) is 6.07. The van der Waals surface area contributed by atoms with Crippen LogP contribution in [0.4, 0.5) is 0 Å². The number of carbonyl (C=O) groups is 1. The van der Waals surface area contributed by atoms with E-state index in [-0.39, 0.29) is 17.4 Å². The summed E-state index contributed by atoms with van der Waals surface area (Å²) in [7, 11) is 0. The standard InChI is InChI=1S/C19H21N5O3S/c1-11-15(28-12(2)21-11)9-17(26)24-7-5-13(6-8-24)18-22-19(27-23-18)14-3-4-16(25)20-10-14/h3-4,10,13H,5-9H2,1-2H3,(H,20,25). The maximum Gasteiger partial charge on any atom is 0.259 e. The molecule has 1 fully saturated rings. The third kappa shape index (κ3) is 3.89. The summed E-state index contributed by atoms with van der Waals surface area (Å²) in [6.45, 7) is 5.28. The lowest BCUT2D eigenvalue weighted by Gasteiger charge is -2.30. The first-order valence-electron chi connectivity index (χ1n) is 9.23. The van der Waals surface area contributed by atoms with Crippen molar-refractivity contribution in [2.45, 2.75) is 39.0 Å². The zero-order chi connectivity index (χ0) is 19.7. The van der Waals surface area contributed by atoms with E-state index in [0.717, 1.165) is 28.4 Å². The highest BCUT2D eigenvalue weighted by molar-refractivity contribution is 7.11. The second-order valence-corrected chi connectivity index (χ2v) is 8.26. The number of hydrogen-bond donors (Lipinski definition) is 1. The van der Waals surface area contributed by atoms with Gasteiger partial charge in [0.15, 0.2) is 5.82 Å². The molecule has 1 N–H and O–H groups in total. The largest absolute Gasteiger partial charge is 0.342 e. The molecule has 1 amide bonds. The second kappa shape index (κ2) is 7.67. The van der Waals surface area contributed by atoms with Gasteiger partial charge in [0, 0.05) is 36.1 Å². The summed E-state index contributed by atoms with van der Waals surface area (Å²) in [6.07, 6.45) is 3.58. The monoisotopic (exact) mass is 399 g/mol. The molecule has 1 saturated heterocycles. The summed E-state index contributed by atoms with van der Waals surface area (Å²) in [5.74, 6) is 1.35. The SMILES string of the molecule is Cc1nc(C)c(CC(=O)N2CCC(c3noc(-c4ccc(=O)[nH]c4)n3)CC2)s1. The molecule has 146 valence electrons. The van der Waals surface area contributed by atoms with Crippen LogP contribution in [0.2, 0.25) is 0 Å². The molecule has 4 rings (SSSR count). The first kappa shape index (κ1) is 18.5. The van der Waals surface area contributed by atoms with Gasteiger partial charge < -0.3 is 14.4 Å². The van der Waals surface area contributed by atoms with Crippen molar-refractivity contribution < 1.29 is 9.32 Å². The fourth-order valence-corrected chi connectivity index (χ4v) is 4.36. The lowest BCUT2D eigenvalue weighted by atomic mass is 9.96. The van der Waals surface area contributed by atoms with E-state index in [2.05, 4.69) is 20.1 Å². The van der Waals surface area contributed by atoms with Gasteiger partial charge in [-0.1, -0.05) is 5.16 Å². The predicted molar refractivity (Wildman–Crippen MR) is 104 cm³/mol. The summed E-state index contributed by atoms with van der Waals surface area (Å²) < 4.78 is 5.34. The van der Waals surface area contributed by atoms with Crippen molar-refractivity contribution in [3.63, 3.8) is 0 Å². The molecule has 4 heterocycles. The molecule has 0 atom stereocenters. The fraction of sp³-hybridized carbons (Fsp3) is 0.421. The summed E-state index contributed by atoms with van der Waals surface area (Å²) in [6, 6.07) is 3.08. The Kier molecular flexibility index (Phi) is 5.08. The molecule has 0 bridgehead atoms. The zero-order valence-electron chi connectivity index (χ0n) is 15.8. The maximum absolute atomic E-state index is 12.6. The van der Waals surface area contributed by atoms with Gasteiger partial charge in [-0.05, 0) is 32.8 Å². The molecule has 0 spiro atoms. The number of aryl methyl sites for hydroxylation is 2. The van der Waals surface area contributed by atoms with Crippen molar-refractivity contribution in [1.82, 2.24) is 25.0 Å². The number of pyridine rings is 1. The first-order chi connectivity index (χ1) is 13.5. The van der Waals surface area contributed by atoms with Crippen LogP contribution < -0.4 is 5.56 Å². The minimum absolute atomic E-state index is 0.146. The lowest BCUT2D eigenvalue weighted by Crippen LogP contribution is -2.38. The molecule has 0 aliphatic carbocycles. The van der Waals surface area contributed by atoms with Crippen molar-refractivity contribution in [2.24, 2.45) is 0 Å². The number of aromatic nitrogens is 4. The summed E-state index contributed by atoms with van der Waals surface area (Å²) in [5, 5.41) is 5.10. The van der Waals surface area contributed by atoms with Crippen LogP contribution in [0.3, 0.4) is 0 Å². The third-order valence-electron chi connectivity index (χ3n) is 5.00. The number of carbonyl (C=O) groups excluding carboxylic acids is 1. The Labute approximate surface area is 165 Å². The van der Waals surface area contributed by atoms with Gasteiger partial charge in [0.1, 0.15) is 0 Å². The number of piperidine rings is 1. The molecule has 3 aromatic heterocycles. The minimum atomic E-state index is -0.177. The molecule has 28 heavy (non-hydrogen) atoms. The Hall–Kier alpha value is -2.81. The predicted octanol–water partition coefficient (Wildman–Crippen LogP) is 2.45. The molecular weight excluding hydrogens is 378 g/mol. The Morgan fingerprint density at radius 1 is 1.29 bits per heavy atom. The Bertz CT molecular complexity index is 1030. The summed E-state index contributed by atoms with van der Waals surface area (Å²) in [4.78, 5) is 38.2. The van der Waals surface area contributed by atoms with Gasteiger partial charge in [-0.2, -0.15) is 4.98 Å². The topological polar surface area (TPSA) is 105 Å². The number of rotatable bonds is 4. The van der Waals surface area contributed by atoms with Crippen LogP contribution in [0.1, 0.15) is 40.2 Å². The molecule has 0 aromatic carbocycles. The van der Waals surface area contributed by atoms with E-state index in [1.165, 1.54) is 6.07 Å². The van der Waals surface area contributed by atoms with E-state index in [9.17, 15) is 9.59 Å². The van der Waals surface area contributed by atoms with E-state index in [1.54, 1.807) is 23.6 Å². The number of amides is 1. The normalized spacial score (nSPS) is 15.1. The lowest BCUT2D eigenvalue weighted by molar-refractivity contribution is -0.131. The summed E-state index contributed by atoms with van der Waals surface area (Å²) in [5.41, 5.74) is 1.46. The summed E-state index contributed by atoms with van der Waals surface area (Å²) >= 11 is 1.59. The smallest absolute Gasteiger partial charge is 0.259 e. The highest BCUT2D eigenvalue weighted by Crippen LogP contribution is 2.28. The van der Waals surface area contributed by atoms with E-state index in [1.807, 2.05) is 18.7 Å². The van der Waals surface area contributed by atoms with Gasteiger partial charge in [-0.15, -0.1) is 11.3 Å². The number of likely N-dealkylation sites (tertiary alicyclic amines) is 1. The fourth-order valence-electron chi connectivity index (χ4n) is 3.44. The second-order valence-electron chi connectivity index (χ2n) is 6.97. The highest BCUT2D eigenvalue weighted by atomic mass is 32.1. The maximum atomic E-state index is 12.6. The molecular formula is C19H21N5O3S. The van der Waals surface area contributed by atoms with Gasteiger partial charge in [0.25, 0.3) is 5.89 Å². The van der Waals surface area contributed by atoms with Crippen LogP contribution in [-0.4, -0.2) is 44.0 Å². The van der Waals surface area contributed by atoms with E-state index in [0.29, 0.717) is 36.8 Å². The van der Waals surface area contributed by atoms with Crippen molar-refractivity contribution in [3.05, 3.63) is 50.1 Å². The number of aromatic amines is 1. The van der Waals surface area contributed by atoms with E-state index >= 15 is 0 Å². The quantitative estimate of drug-likeness (QED) is 0.722. The van der Waals surface area contributed by atoms with Crippen LogP contribution >= 0.6 is 11.3 Å². The number of hydrogen-bond acceptors (Lipinski definition) is 7. The molecule has 1 aliphatic rings. The Morgan fingerprint density at radius 2 is 2.07 bits per heavy atom. The molecule has 0 radical (unpaired) electrons. The van der Waals surface area contributed by atoms with Gasteiger partial charge >= 0.3 is 0 Å². The molecule has 1 aliphatic heterocycles. The number of nitrogens with zero attached hydrogens (tertiary/aromatic N) is 4. The molecule has 3 aromatic rings. The average Bonchev–Trinajstić information content (AvgIpc) is 3.29. The minimum Gasteiger partial charge on any atom is -0.342 e. The molecule has 8 nitrogen and oxygen atoms in total. The van der Waals surface area contributed by atoms with Crippen LogP contribution in [0.5, 0.6) is 0 Å². The van der Waals surface area contributed by atoms with Crippen molar-refractivity contribution in [3.8, 4) is 11.5 Å². The van der Waals surface area contributed by atoms with Crippen LogP contribution in [0.15, 0.2) is 27.6 Å². The van der Waals surface area contributed by atoms with Crippen molar-refractivity contribution in [2.75, 3.05) is 13.1 Å². The first-order valence-corrected chi connectivity index (χ1v) is 10.0. The molecule has 9 heteroatoms. The Balaban J connectivity index is 1.36. The van der Waals surface area contributed by atoms with Gasteiger partial charge in [0.05, 0.1) is 22.7 Å². The van der Waals surface area contributed by atoms with Crippen LogP contribution in [0.25, 0.3) is 11.5 Å². The Morgan fingerprint density at radius 3 is 2.71 bits per heavy atom. The number of nitrogens with one attached hydrogen (secondary N) is 1. The van der Waals surface area contributed by atoms with Crippen molar-refractivity contribution >= 4 is 17.2 Å². The van der Waals surface area contributed by atoms with Gasteiger partial charge in [-0.25, -0.2) is 4.98 Å². The van der Waals surface area contributed by atoms with E-state index in [4.69, 9.17) is 4.52 Å². The average molecular weight is 399 g/mol. The van der Waals surface area contributed by atoms with Crippen LogP contribution in [-0.2, 0) is 11.2 Å². The highest BCUT2D eigenvalue weighted by Gasteiger charge is 2.27. The van der Waals surface area contributed by atoms with Gasteiger partial charge in [-0.3, -0.25) is 9.59 Å².